The zero-order chi connectivity index (χ0) is 11.5. The maximum absolute atomic E-state index is 9.82. The average molecular weight is 219 g/mol. The van der Waals surface area contributed by atoms with Crippen LogP contribution in [0.2, 0.25) is 0 Å². The van der Waals surface area contributed by atoms with E-state index in [0.717, 1.165) is 0 Å². The highest BCUT2D eigenvalue weighted by Gasteiger charge is 2.09. The number of para-hydroxylation sites is 1. The maximum atomic E-state index is 9.82. The van der Waals surface area contributed by atoms with Crippen molar-refractivity contribution in [3.05, 3.63) is 24.3 Å². The lowest BCUT2D eigenvalue weighted by Crippen LogP contribution is -1.95. The summed E-state index contributed by atoms with van der Waals surface area (Å²) in [5.74, 6) is 1.17. The molecule has 2 rings (SSSR count). The molecule has 2 aromatic rings. The third kappa shape index (κ3) is 1.74. The Balaban J connectivity index is 2.67. The van der Waals surface area contributed by atoms with Crippen molar-refractivity contribution >= 4 is 10.9 Å². The molecule has 0 aliphatic heterocycles. The predicted molar refractivity (Wildman–Crippen MR) is 61.1 cm³/mol. The molecule has 0 atom stereocenters. The van der Waals surface area contributed by atoms with E-state index in [1.54, 1.807) is 19.2 Å². The summed E-state index contributed by atoms with van der Waals surface area (Å²) in [7, 11) is 1.57. The summed E-state index contributed by atoms with van der Waals surface area (Å²) in [6.07, 6.45) is 0. The molecule has 0 amide bonds. The number of methoxy groups -OCH3 is 1. The Kier molecular flexibility index (Phi) is 2.81. The van der Waals surface area contributed by atoms with Crippen molar-refractivity contribution < 1.29 is 14.6 Å². The van der Waals surface area contributed by atoms with Crippen LogP contribution in [0.4, 0.5) is 0 Å². The van der Waals surface area contributed by atoms with Crippen molar-refractivity contribution in [2.45, 2.75) is 6.92 Å². The minimum atomic E-state index is 0.146. The van der Waals surface area contributed by atoms with E-state index in [9.17, 15) is 5.11 Å². The Bertz CT molecular complexity index is 511. The van der Waals surface area contributed by atoms with Crippen molar-refractivity contribution in [1.82, 2.24) is 4.98 Å². The summed E-state index contributed by atoms with van der Waals surface area (Å²) >= 11 is 0. The standard InChI is InChI=1S/C12H13NO3/c1-3-16-11-7-9(14)8-5-4-6-10(15-2)12(8)13-11/h4-7H,3H2,1-2H3,(H,13,14). The zero-order valence-electron chi connectivity index (χ0n) is 9.23. The second kappa shape index (κ2) is 4.26. The molecule has 0 saturated carbocycles. The van der Waals surface area contributed by atoms with E-state index in [0.29, 0.717) is 29.1 Å². The van der Waals surface area contributed by atoms with Crippen LogP contribution < -0.4 is 9.47 Å². The molecular formula is C12H13NO3. The van der Waals surface area contributed by atoms with Gasteiger partial charge in [0, 0.05) is 11.5 Å². The monoisotopic (exact) mass is 219 g/mol. The number of aromatic nitrogens is 1. The highest BCUT2D eigenvalue weighted by molar-refractivity contribution is 5.90. The van der Waals surface area contributed by atoms with Crippen molar-refractivity contribution in [3.63, 3.8) is 0 Å². The molecule has 0 unspecified atom stereocenters. The molecular weight excluding hydrogens is 206 g/mol. The predicted octanol–water partition coefficient (Wildman–Crippen LogP) is 2.35. The second-order valence-electron chi connectivity index (χ2n) is 3.27. The maximum Gasteiger partial charge on any atom is 0.217 e. The first-order valence-corrected chi connectivity index (χ1v) is 5.05. The van der Waals surface area contributed by atoms with Crippen LogP contribution in [-0.4, -0.2) is 23.8 Å². The van der Waals surface area contributed by atoms with Gasteiger partial charge in [-0.3, -0.25) is 0 Å². The Labute approximate surface area is 93.4 Å². The van der Waals surface area contributed by atoms with Crippen molar-refractivity contribution in [3.8, 4) is 17.4 Å². The van der Waals surface area contributed by atoms with Crippen LogP contribution in [0, 0.1) is 0 Å². The minimum Gasteiger partial charge on any atom is -0.507 e. The van der Waals surface area contributed by atoms with Crippen LogP contribution in [-0.2, 0) is 0 Å². The zero-order valence-corrected chi connectivity index (χ0v) is 9.23. The lowest BCUT2D eigenvalue weighted by atomic mass is 10.2. The summed E-state index contributed by atoms with van der Waals surface area (Å²) in [5.41, 5.74) is 0.605. The molecule has 1 aromatic heterocycles. The first-order chi connectivity index (χ1) is 7.76. The van der Waals surface area contributed by atoms with Gasteiger partial charge in [0.25, 0.3) is 0 Å². The van der Waals surface area contributed by atoms with Gasteiger partial charge in [-0.25, -0.2) is 4.98 Å². The quantitative estimate of drug-likeness (QED) is 0.860. The van der Waals surface area contributed by atoms with Gasteiger partial charge in [0.15, 0.2) is 0 Å². The summed E-state index contributed by atoms with van der Waals surface area (Å²) in [6.45, 7) is 2.37. The third-order valence-corrected chi connectivity index (χ3v) is 2.27. The van der Waals surface area contributed by atoms with Gasteiger partial charge in [-0.1, -0.05) is 6.07 Å². The van der Waals surface area contributed by atoms with E-state index >= 15 is 0 Å². The van der Waals surface area contributed by atoms with E-state index in [1.807, 2.05) is 13.0 Å². The van der Waals surface area contributed by atoms with Crippen LogP contribution in [0.25, 0.3) is 10.9 Å². The van der Waals surface area contributed by atoms with Crippen LogP contribution in [0.1, 0.15) is 6.92 Å². The Morgan fingerprint density at radius 2 is 2.19 bits per heavy atom. The highest BCUT2D eigenvalue weighted by atomic mass is 16.5. The largest absolute Gasteiger partial charge is 0.507 e. The highest BCUT2D eigenvalue weighted by Crippen LogP contribution is 2.32. The van der Waals surface area contributed by atoms with Crippen molar-refractivity contribution in [1.29, 1.82) is 0 Å². The SMILES string of the molecule is CCOc1cc(O)c2cccc(OC)c2n1. The van der Waals surface area contributed by atoms with Gasteiger partial charge in [0.2, 0.25) is 5.88 Å². The molecule has 0 aliphatic carbocycles. The third-order valence-electron chi connectivity index (χ3n) is 2.27. The molecule has 1 N–H and O–H groups in total. The smallest absolute Gasteiger partial charge is 0.217 e. The van der Waals surface area contributed by atoms with Gasteiger partial charge in [0.1, 0.15) is 17.0 Å². The number of hydrogen-bond donors (Lipinski definition) is 1. The molecule has 0 saturated heterocycles. The first kappa shape index (κ1) is 10.5. The number of benzene rings is 1. The summed E-state index contributed by atoms with van der Waals surface area (Å²) < 4.78 is 10.5. The van der Waals surface area contributed by atoms with E-state index < -0.39 is 0 Å². The number of aromatic hydroxyl groups is 1. The van der Waals surface area contributed by atoms with Gasteiger partial charge in [0.05, 0.1) is 13.7 Å². The Morgan fingerprint density at radius 3 is 2.88 bits per heavy atom. The lowest BCUT2D eigenvalue weighted by molar-refractivity contribution is 0.325. The Hall–Kier alpha value is -1.97. The summed E-state index contributed by atoms with van der Waals surface area (Å²) in [5, 5.41) is 10.5. The van der Waals surface area contributed by atoms with Gasteiger partial charge < -0.3 is 14.6 Å². The molecule has 0 bridgehead atoms. The molecule has 16 heavy (non-hydrogen) atoms. The van der Waals surface area contributed by atoms with Crippen molar-refractivity contribution in [2.75, 3.05) is 13.7 Å². The number of nitrogens with zero attached hydrogens (tertiary/aromatic N) is 1. The number of hydrogen-bond acceptors (Lipinski definition) is 4. The lowest BCUT2D eigenvalue weighted by Gasteiger charge is -2.08. The fraction of sp³-hybridized carbons (Fsp3) is 0.250. The van der Waals surface area contributed by atoms with Gasteiger partial charge in [-0.05, 0) is 19.1 Å². The van der Waals surface area contributed by atoms with Crippen LogP contribution in [0.15, 0.2) is 24.3 Å². The van der Waals surface area contributed by atoms with E-state index in [1.165, 1.54) is 6.07 Å². The molecule has 0 fully saturated rings. The summed E-state index contributed by atoms with van der Waals surface area (Å²) in [4.78, 5) is 4.29. The summed E-state index contributed by atoms with van der Waals surface area (Å²) in [6, 6.07) is 6.90. The van der Waals surface area contributed by atoms with Crippen LogP contribution in [0.5, 0.6) is 17.4 Å². The van der Waals surface area contributed by atoms with Gasteiger partial charge in [-0.15, -0.1) is 0 Å². The number of fused-ring (bicyclic) bond motifs is 1. The molecule has 0 spiro atoms. The van der Waals surface area contributed by atoms with E-state index in [4.69, 9.17) is 9.47 Å². The number of ether oxygens (including phenoxy) is 2. The molecule has 1 aromatic carbocycles. The molecule has 4 heteroatoms. The average Bonchev–Trinajstić information content (AvgIpc) is 2.29. The second-order valence-corrected chi connectivity index (χ2v) is 3.27. The molecule has 84 valence electrons. The number of pyridine rings is 1. The van der Waals surface area contributed by atoms with Crippen molar-refractivity contribution in [2.24, 2.45) is 0 Å². The molecule has 4 nitrogen and oxygen atoms in total. The first-order valence-electron chi connectivity index (χ1n) is 5.05. The minimum absolute atomic E-state index is 0.146. The van der Waals surface area contributed by atoms with Crippen LogP contribution >= 0.6 is 0 Å². The van der Waals surface area contributed by atoms with E-state index in [-0.39, 0.29) is 5.75 Å². The van der Waals surface area contributed by atoms with E-state index in [2.05, 4.69) is 4.98 Å². The number of rotatable bonds is 3. The van der Waals surface area contributed by atoms with Gasteiger partial charge in [-0.2, -0.15) is 0 Å². The molecule has 0 aliphatic rings. The fourth-order valence-electron chi connectivity index (χ4n) is 1.57. The normalized spacial score (nSPS) is 10.4. The van der Waals surface area contributed by atoms with Gasteiger partial charge >= 0.3 is 0 Å². The molecule has 1 heterocycles. The topological polar surface area (TPSA) is 51.6 Å². The molecule has 0 radical (unpaired) electrons. The fourth-order valence-corrected chi connectivity index (χ4v) is 1.57. The van der Waals surface area contributed by atoms with Crippen LogP contribution in [0.3, 0.4) is 0 Å². The Morgan fingerprint density at radius 1 is 1.38 bits per heavy atom.